The van der Waals surface area contributed by atoms with E-state index in [0.717, 1.165) is 11.6 Å². The monoisotopic (exact) mass is 565 g/mol. The van der Waals surface area contributed by atoms with Gasteiger partial charge in [-0.15, -0.1) is 0 Å². The molecule has 0 spiro atoms. The van der Waals surface area contributed by atoms with Crippen LogP contribution in [0.4, 0.5) is 4.39 Å². The van der Waals surface area contributed by atoms with Crippen molar-refractivity contribution in [1.82, 2.24) is 20.4 Å². The first-order valence-corrected chi connectivity index (χ1v) is 13.1. The van der Waals surface area contributed by atoms with Crippen LogP contribution in [-0.4, -0.2) is 39.0 Å². The fraction of sp³-hybridized carbons (Fsp3) is 0.345. The summed E-state index contributed by atoms with van der Waals surface area (Å²) in [5.74, 6) is -2.29. The first-order chi connectivity index (χ1) is 18.9. The van der Waals surface area contributed by atoms with Gasteiger partial charge in [-0.25, -0.2) is 9.49 Å². The quantitative estimate of drug-likeness (QED) is 0.412. The lowest BCUT2D eigenvalue weighted by Gasteiger charge is -2.38. The zero-order valence-electron chi connectivity index (χ0n) is 22.5. The van der Waals surface area contributed by atoms with Gasteiger partial charge in [-0.05, 0) is 76.4 Å². The summed E-state index contributed by atoms with van der Waals surface area (Å²) in [5, 5.41) is 19.0. The second-order valence-electron chi connectivity index (χ2n) is 10.4. The Balaban J connectivity index is 1.53. The molecule has 1 aliphatic rings. The third-order valence-corrected chi connectivity index (χ3v) is 7.26. The maximum Gasteiger partial charge on any atom is 0.307 e. The fourth-order valence-corrected chi connectivity index (χ4v) is 5.11. The Labute approximate surface area is 235 Å². The van der Waals surface area contributed by atoms with E-state index in [4.69, 9.17) is 16.3 Å². The van der Waals surface area contributed by atoms with Crippen molar-refractivity contribution >= 4 is 23.4 Å². The molecule has 0 aliphatic carbocycles. The number of amides is 2. The molecule has 0 radical (unpaired) electrons. The van der Waals surface area contributed by atoms with Gasteiger partial charge in [0, 0.05) is 16.7 Å². The molecular weight excluding hydrogens is 537 g/mol. The Bertz CT molecular complexity index is 1550. The lowest BCUT2D eigenvalue weighted by molar-refractivity contribution is -0.137. The average molecular weight is 566 g/mol. The number of nitriles is 1. The van der Waals surface area contributed by atoms with Crippen molar-refractivity contribution in [3.63, 3.8) is 0 Å². The van der Waals surface area contributed by atoms with Crippen molar-refractivity contribution in [2.24, 2.45) is 5.41 Å². The largest absolute Gasteiger partial charge is 0.448 e. The Hall–Kier alpha value is -4.23. The molecule has 1 aliphatic heterocycles. The molecule has 3 atom stereocenters. The van der Waals surface area contributed by atoms with Gasteiger partial charge in [0.2, 0.25) is 5.91 Å². The van der Waals surface area contributed by atoms with E-state index >= 15 is 0 Å². The number of likely N-dealkylation sites (tertiary alicyclic amines) is 1. The van der Waals surface area contributed by atoms with Crippen LogP contribution in [0.3, 0.4) is 0 Å². The Kier molecular flexibility index (Phi) is 8.26. The van der Waals surface area contributed by atoms with Gasteiger partial charge in [0.15, 0.2) is 17.3 Å². The van der Waals surface area contributed by atoms with Crippen LogP contribution in [0.2, 0.25) is 5.02 Å². The highest BCUT2D eigenvalue weighted by Crippen LogP contribution is 2.43. The smallest absolute Gasteiger partial charge is 0.307 e. The van der Waals surface area contributed by atoms with Gasteiger partial charge in [0.1, 0.15) is 6.04 Å². The number of carbonyl (C=O) groups is 2. The normalized spacial score (nSPS) is 17.7. The molecule has 2 aromatic carbocycles. The zero-order valence-corrected chi connectivity index (χ0v) is 23.3. The maximum absolute atomic E-state index is 14.8. The highest BCUT2D eigenvalue weighted by molar-refractivity contribution is 6.30. The summed E-state index contributed by atoms with van der Waals surface area (Å²) in [6.45, 7) is 6.76. The first-order valence-electron chi connectivity index (χ1n) is 12.7. The van der Waals surface area contributed by atoms with Crippen molar-refractivity contribution < 1.29 is 18.7 Å². The molecule has 3 aromatic rings. The molecule has 2 heterocycles. The van der Waals surface area contributed by atoms with E-state index in [-0.39, 0.29) is 35.1 Å². The van der Waals surface area contributed by atoms with E-state index in [0.29, 0.717) is 23.6 Å². The molecule has 1 saturated heterocycles. The van der Waals surface area contributed by atoms with Crippen molar-refractivity contribution in [2.45, 2.75) is 58.7 Å². The van der Waals surface area contributed by atoms with E-state index in [1.165, 1.54) is 18.2 Å². The lowest BCUT2D eigenvalue weighted by atomic mass is 9.84. The highest BCUT2D eigenvalue weighted by Gasteiger charge is 2.46. The minimum atomic E-state index is -0.971. The first kappa shape index (κ1) is 28.8. The number of H-pyrrole nitrogens is 1. The predicted octanol–water partition coefficient (Wildman–Crippen LogP) is 5.06. The summed E-state index contributed by atoms with van der Waals surface area (Å²) in [7, 11) is 0. The summed E-state index contributed by atoms with van der Waals surface area (Å²) in [6, 6.07) is 12.8. The van der Waals surface area contributed by atoms with Crippen molar-refractivity contribution in [3.05, 3.63) is 86.5 Å². The van der Waals surface area contributed by atoms with Crippen molar-refractivity contribution in [1.29, 1.82) is 5.26 Å². The molecule has 0 saturated carbocycles. The molecule has 208 valence electrons. The number of rotatable bonds is 7. The topological polar surface area (TPSA) is 128 Å². The van der Waals surface area contributed by atoms with Crippen LogP contribution >= 0.6 is 11.6 Å². The number of aryl methyl sites for hydroxylation is 1. The molecule has 9 nitrogen and oxygen atoms in total. The van der Waals surface area contributed by atoms with Crippen LogP contribution in [0.1, 0.15) is 61.3 Å². The number of nitrogens with one attached hydrogen (secondary N) is 2. The molecule has 1 fully saturated rings. The second kappa shape index (κ2) is 11.5. The predicted molar refractivity (Wildman–Crippen MR) is 146 cm³/mol. The van der Waals surface area contributed by atoms with Gasteiger partial charge in [-0.1, -0.05) is 23.7 Å². The Morgan fingerprint density at radius 2 is 1.98 bits per heavy atom. The van der Waals surface area contributed by atoms with Crippen LogP contribution in [0.5, 0.6) is 11.5 Å². The third kappa shape index (κ3) is 6.00. The van der Waals surface area contributed by atoms with Crippen LogP contribution in [-0.2, 0) is 4.79 Å². The average Bonchev–Trinajstić information content (AvgIpc) is 3.37. The highest BCUT2D eigenvalue weighted by atomic mass is 35.5. The van der Waals surface area contributed by atoms with Gasteiger partial charge in [-0.3, -0.25) is 14.4 Å². The van der Waals surface area contributed by atoms with Gasteiger partial charge >= 0.3 is 5.56 Å². The number of hydrogen-bond acceptors (Lipinski definition) is 6. The molecule has 0 bridgehead atoms. The molecule has 1 aromatic heterocycles. The second-order valence-corrected chi connectivity index (χ2v) is 10.8. The van der Waals surface area contributed by atoms with Gasteiger partial charge in [-0.2, -0.15) is 10.4 Å². The van der Waals surface area contributed by atoms with Gasteiger partial charge in [0.05, 0.1) is 29.3 Å². The summed E-state index contributed by atoms with van der Waals surface area (Å²) >= 11 is 6.21. The number of halogens is 2. The Morgan fingerprint density at radius 1 is 1.23 bits per heavy atom. The number of benzene rings is 2. The van der Waals surface area contributed by atoms with E-state index in [2.05, 4.69) is 21.6 Å². The van der Waals surface area contributed by atoms with Crippen molar-refractivity contribution in [2.75, 3.05) is 0 Å². The minimum absolute atomic E-state index is 0.0361. The summed E-state index contributed by atoms with van der Waals surface area (Å²) < 4.78 is 20.2. The van der Waals surface area contributed by atoms with E-state index < -0.39 is 28.7 Å². The van der Waals surface area contributed by atoms with Crippen LogP contribution < -0.4 is 15.6 Å². The maximum atomic E-state index is 14.8. The summed E-state index contributed by atoms with van der Waals surface area (Å²) in [5.41, 5.74) is -0.181. The van der Waals surface area contributed by atoms with Gasteiger partial charge < -0.3 is 15.0 Å². The van der Waals surface area contributed by atoms with E-state index in [1.807, 2.05) is 12.1 Å². The number of ether oxygens (including phenoxy) is 1. The summed E-state index contributed by atoms with van der Waals surface area (Å²) in [6.07, 6.45) is 1.24. The van der Waals surface area contributed by atoms with E-state index in [1.54, 1.807) is 44.7 Å². The molecular formula is C29H29ClFN5O4. The van der Waals surface area contributed by atoms with Crippen LogP contribution in [0.15, 0.2) is 53.3 Å². The molecule has 1 unspecified atom stereocenters. The lowest BCUT2D eigenvalue weighted by Crippen LogP contribution is -2.52. The SMILES string of the molecule is Cc1cc(Oc2ccc(C(=O)NC(C)C(=O)N3[C@@H](c4cccc(Cl)c4)CC[C@H]3C(C)(C)C#N)cc2F)c(=O)[nH]n1. The molecule has 2 N–H and O–H groups in total. The van der Waals surface area contributed by atoms with E-state index in [9.17, 15) is 24.0 Å². The number of nitrogens with zero attached hydrogens (tertiary/aromatic N) is 3. The summed E-state index contributed by atoms with van der Waals surface area (Å²) in [4.78, 5) is 40.4. The van der Waals surface area contributed by atoms with Gasteiger partial charge in [0.25, 0.3) is 5.91 Å². The van der Waals surface area contributed by atoms with Crippen LogP contribution in [0, 0.1) is 29.5 Å². The third-order valence-electron chi connectivity index (χ3n) is 7.02. The zero-order chi connectivity index (χ0) is 29.2. The van der Waals surface area contributed by atoms with Crippen molar-refractivity contribution in [3.8, 4) is 17.6 Å². The van der Waals surface area contributed by atoms with Crippen LogP contribution in [0.25, 0.3) is 0 Å². The molecule has 2 amide bonds. The number of aromatic amines is 1. The number of hydrogen-bond donors (Lipinski definition) is 2. The minimum Gasteiger partial charge on any atom is -0.448 e. The molecule has 4 rings (SSSR count). The fourth-order valence-electron chi connectivity index (χ4n) is 4.91. The molecule has 11 heteroatoms. The standard InChI is InChI=1S/C29H29ClFN5O4/c1-16-12-24(27(38)35-34-16)40-23-10-8-19(14-21(23)31)26(37)33-17(2)28(39)36-22(18-6-5-7-20(30)13-18)9-11-25(36)29(3,4)15-32/h5-8,10,12-14,17,22,25H,9,11H2,1-4H3,(H,33,37)(H,35,38)/t17?,22-,25+/m1/s1. The Morgan fingerprint density at radius 3 is 2.65 bits per heavy atom. The number of carbonyl (C=O) groups excluding carboxylic acids is 2. The molecule has 40 heavy (non-hydrogen) atoms. The number of aromatic nitrogens is 2.